The van der Waals surface area contributed by atoms with Gasteiger partial charge >= 0.3 is 0 Å². The van der Waals surface area contributed by atoms with Crippen molar-refractivity contribution in [3.8, 4) is 12.1 Å². The Kier molecular flexibility index (Phi) is 3.03. The molecule has 2 aromatic heterocycles. The van der Waals surface area contributed by atoms with Gasteiger partial charge in [0.25, 0.3) is 0 Å². The molecular formula is C10H8N6S. The molecule has 0 unspecified atom stereocenters. The number of nitrogens with zero attached hydrogens (tertiary/aromatic N) is 5. The fraction of sp³-hybridized carbons (Fsp3) is 0.200. The number of rotatable bonds is 3. The Morgan fingerprint density at radius 3 is 2.65 bits per heavy atom. The average Bonchev–Trinajstić information content (AvgIpc) is 2.75. The second-order valence-corrected chi connectivity index (χ2v) is 4.11. The summed E-state index contributed by atoms with van der Waals surface area (Å²) in [6.07, 6.45) is 0. The molecule has 0 atom stereocenters. The molecule has 0 spiro atoms. The molecule has 2 N–H and O–H groups in total. The van der Waals surface area contributed by atoms with Crippen molar-refractivity contribution in [3.63, 3.8) is 0 Å². The summed E-state index contributed by atoms with van der Waals surface area (Å²) in [7, 11) is 0. The van der Waals surface area contributed by atoms with Crippen LogP contribution in [0.3, 0.4) is 0 Å². The first-order valence-corrected chi connectivity index (χ1v) is 5.63. The molecule has 0 saturated carbocycles. The first-order valence-electron chi connectivity index (χ1n) is 4.76. The molecule has 0 radical (unpaired) electrons. The lowest BCUT2D eigenvalue weighted by molar-refractivity contribution is 0.941. The molecule has 0 aromatic carbocycles. The maximum absolute atomic E-state index is 8.74. The topological polar surface area (TPSA) is 103 Å². The first-order chi connectivity index (χ1) is 8.26. The third-order valence-corrected chi connectivity index (χ3v) is 2.95. The number of thiophene rings is 1. The van der Waals surface area contributed by atoms with Crippen LogP contribution in [0.15, 0.2) is 11.4 Å². The predicted molar refractivity (Wildman–Crippen MR) is 65.3 cm³/mol. The van der Waals surface area contributed by atoms with Crippen LogP contribution in [0.1, 0.15) is 0 Å². The Morgan fingerprint density at radius 2 is 2.00 bits per heavy atom. The van der Waals surface area contributed by atoms with Crippen molar-refractivity contribution < 1.29 is 0 Å². The average molecular weight is 244 g/mol. The molecule has 0 aliphatic carbocycles. The van der Waals surface area contributed by atoms with Crippen molar-refractivity contribution in [3.05, 3.63) is 11.4 Å². The lowest BCUT2D eigenvalue weighted by Crippen LogP contribution is -2.25. The summed E-state index contributed by atoms with van der Waals surface area (Å²) in [5.74, 6) is 0.688. The fourth-order valence-electron chi connectivity index (χ4n) is 1.47. The number of nitrogens with two attached hydrogens (primary N) is 1. The highest BCUT2D eigenvalue weighted by Gasteiger charge is 2.14. The van der Waals surface area contributed by atoms with E-state index in [9.17, 15) is 0 Å². The molecule has 0 fully saturated rings. The second kappa shape index (κ2) is 4.64. The maximum atomic E-state index is 8.74. The van der Waals surface area contributed by atoms with Crippen molar-refractivity contribution in [1.29, 1.82) is 10.5 Å². The van der Waals surface area contributed by atoms with Crippen molar-refractivity contribution in [2.24, 2.45) is 0 Å². The smallest absolute Gasteiger partial charge is 0.223 e. The maximum Gasteiger partial charge on any atom is 0.223 e. The molecule has 7 heteroatoms. The summed E-state index contributed by atoms with van der Waals surface area (Å²) >= 11 is 1.45. The Labute approximate surface area is 102 Å². The lowest BCUT2D eigenvalue weighted by atomic mass is 10.3. The van der Waals surface area contributed by atoms with E-state index in [2.05, 4.69) is 9.97 Å². The number of anilines is 2. The zero-order chi connectivity index (χ0) is 12.3. The normalized spacial score (nSPS) is 9.76. The standard InChI is InChI=1S/C10H8N6S/c11-2-4-16(5-3-12)8-7-1-6-17-9(7)15-10(13)14-8/h1,6H,4-5H2,(H2,13,14,15). The van der Waals surface area contributed by atoms with Crippen LogP contribution in [0.25, 0.3) is 10.2 Å². The van der Waals surface area contributed by atoms with Gasteiger partial charge in [0.15, 0.2) is 0 Å². The van der Waals surface area contributed by atoms with Crippen molar-refractivity contribution in [2.75, 3.05) is 23.7 Å². The Balaban J connectivity index is 2.56. The van der Waals surface area contributed by atoms with Gasteiger partial charge in [-0.2, -0.15) is 15.5 Å². The monoisotopic (exact) mass is 244 g/mol. The SMILES string of the molecule is N#CCN(CC#N)c1nc(N)nc2sccc12. The van der Waals surface area contributed by atoms with E-state index in [4.69, 9.17) is 16.3 Å². The molecular weight excluding hydrogens is 236 g/mol. The van der Waals surface area contributed by atoms with E-state index in [0.717, 1.165) is 10.2 Å². The molecule has 84 valence electrons. The van der Waals surface area contributed by atoms with Crippen molar-refractivity contribution in [2.45, 2.75) is 0 Å². The van der Waals surface area contributed by atoms with E-state index < -0.39 is 0 Å². The largest absolute Gasteiger partial charge is 0.368 e. The molecule has 2 rings (SSSR count). The number of hydrogen-bond donors (Lipinski definition) is 1. The highest BCUT2D eigenvalue weighted by atomic mass is 32.1. The van der Waals surface area contributed by atoms with Crippen molar-refractivity contribution in [1.82, 2.24) is 9.97 Å². The van der Waals surface area contributed by atoms with Gasteiger partial charge in [0.05, 0.1) is 17.5 Å². The van der Waals surface area contributed by atoms with Gasteiger partial charge in [-0.15, -0.1) is 11.3 Å². The van der Waals surface area contributed by atoms with E-state index in [1.54, 1.807) is 4.90 Å². The van der Waals surface area contributed by atoms with E-state index in [0.29, 0.717) is 5.82 Å². The highest BCUT2D eigenvalue weighted by molar-refractivity contribution is 7.16. The Bertz CT molecular complexity index is 604. The minimum Gasteiger partial charge on any atom is -0.368 e. The minimum atomic E-state index is 0.0922. The number of hydrogen-bond acceptors (Lipinski definition) is 7. The van der Waals surface area contributed by atoms with Crippen molar-refractivity contribution >= 4 is 33.3 Å². The summed E-state index contributed by atoms with van der Waals surface area (Å²) < 4.78 is 0. The predicted octanol–water partition coefficient (Wildman–Crippen LogP) is 1.13. The van der Waals surface area contributed by atoms with Crippen LogP contribution >= 0.6 is 11.3 Å². The van der Waals surface area contributed by atoms with E-state index >= 15 is 0 Å². The van der Waals surface area contributed by atoms with Crippen LogP contribution in [0.4, 0.5) is 11.8 Å². The van der Waals surface area contributed by atoms with Gasteiger partial charge in [0, 0.05) is 0 Å². The quantitative estimate of drug-likeness (QED) is 0.812. The molecule has 0 amide bonds. The molecule has 0 saturated heterocycles. The molecule has 6 nitrogen and oxygen atoms in total. The van der Waals surface area contributed by atoms with Crippen LogP contribution in [-0.2, 0) is 0 Å². The summed E-state index contributed by atoms with van der Waals surface area (Å²) in [6, 6.07) is 5.87. The van der Waals surface area contributed by atoms with E-state index in [-0.39, 0.29) is 19.0 Å². The number of nitrogen functional groups attached to an aromatic ring is 1. The Hall–Kier alpha value is -2.38. The van der Waals surface area contributed by atoms with Crippen LogP contribution in [0, 0.1) is 22.7 Å². The first kappa shape index (κ1) is 11.1. The third kappa shape index (κ3) is 2.10. The van der Waals surface area contributed by atoms with Gasteiger partial charge in [0.1, 0.15) is 23.7 Å². The molecule has 0 bridgehead atoms. The van der Waals surface area contributed by atoms with Gasteiger partial charge in [-0.05, 0) is 11.4 Å². The van der Waals surface area contributed by atoms with Crippen LogP contribution < -0.4 is 10.6 Å². The van der Waals surface area contributed by atoms with Crippen LogP contribution in [-0.4, -0.2) is 23.1 Å². The number of fused-ring (bicyclic) bond motifs is 1. The molecule has 0 aliphatic rings. The second-order valence-electron chi connectivity index (χ2n) is 3.22. The van der Waals surface area contributed by atoms with E-state index in [1.165, 1.54) is 11.3 Å². The third-order valence-electron chi connectivity index (χ3n) is 2.14. The van der Waals surface area contributed by atoms with Gasteiger partial charge < -0.3 is 10.6 Å². The van der Waals surface area contributed by atoms with Gasteiger partial charge in [-0.25, -0.2) is 4.98 Å². The lowest BCUT2D eigenvalue weighted by Gasteiger charge is -2.17. The summed E-state index contributed by atoms with van der Waals surface area (Å²) in [6.45, 7) is 0.184. The fourth-order valence-corrected chi connectivity index (χ4v) is 2.24. The molecule has 0 aliphatic heterocycles. The molecule has 2 heterocycles. The van der Waals surface area contributed by atoms with E-state index in [1.807, 2.05) is 23.6 Å². The van der Waals surface area contributed by atoms with Crippen LogP contribution in [0.2, 0.25) is 0 Å². The number of aromatic nitrogens is 2. The molecule has 2 aromatic rings. The van der Waals surface area contributed by atoms with Crippen LogP contribution in [0.5, 0.6) is 0 Å². The highest BCUT2D eigenvalue weighted by Crippen LogP contribution is 2.28. The summed E-state index contributed by atoms with van der Waals surface area (Å²) in [5.41, 5.74) is 5.61. The summed E-state index contributed by atoms with van der Waals surface area (Å²) in [5, 5.41) is 20.2. The summed E-state index contributed by atoms with van der Waals surface area (Å²) in [4.78, 5) is 10.5. The Morgan fingerprint density at radius 1 is 1.29 bits per heavy atom. The van der Waals surface area contributed by atoms with Gasteiger partial charge in [-0.3, -0.25) is 0 Å². The van der Waals surface area contributed by atoms with Gasteiger partial charge in [-0.1, -0.05) is 0 Å². The zero-order valence-electron chi connectivity index (χ0n) is 8.79. The zero-order valence-corrected chi connectivity index (χ0v) is 9.61. The number of nitriles is 2. The minimum absolute atomic E-state index is 0.0922. The molecule has 17 heavy (non-hydrogen) atoms. The van der Waals surface area contributed by atoms with Gasteiger partial charge in [0.2, 0.25) is 5.95 Å².